The lowest BCUT2D eigenvalue weighted by atomic mass is 9.97. The average Bonchev–Trinajstić information content (AvgIpc) is 2.63. The Labute approximate surface area is 149 Å². The third-order valence-corrected chi connectivity index (χ3v) is 3.95. The van der Waals surface area contributed by atoms with Crippen molar-refractivity contribution >= 4 is 11.5 Å². The monoisotopic (exact) mass is 332 g/mol. The summed E-state index contributed by atoms with van der Waals surface area (Å²) in [5.74, 6) is 0.0481. The molecule has 0 saturated heterocycles. The predicted molar refractivity (Wildman–Crippen MR) is 106 cm³/mol. The van der Waals surface area contributed by atoms with Crippen LogP contribution in [-0.4, -0.2) is 12.8 Å². The van der Waals surface area contributed by atoms with Crippen molar-refractivity contribution in [3.8, 4) is 0 Å². The highest BCUT2D eigenvalue weighted by Gasteiger charge is 2.14. The van der Waals surface area contributed by atoms with Gasteiger partial charge in [0.1, 0.15) is 0 Å². The first-order chi connectivity index (χ1) is 12.0. The van der Waals surface area contributed by atoms with Crippen molar-refractivity contribution in [2.45, 2.75) is 13.3 Å². The molecule has 0 aromatic heterocycles. The molecule has 2 rings (SSSR count). The van der Waals surface area contributed by atoms with Crippen molar-refractivity contribution in [3.63, 3.8) is 0 Å². The van der Waals surface area contributed by atoms with Crippen LogP contribution in [0.15, 0.2) is 90.8 Å². The minimum Gasteiger partial charge on any atom is -0.394 e. The molecule has 0 bridgehead atoms. The third-order valence-electron chi connectivity index (χ3n) is 3.95. The van der Waals surface area contributed by atoms with E-state index in [0.29, 0.717) is 16.8 Å². The molecule has 0 heterocycles. The maximum atomic E-state index is 12.5. The highest BCUT2D eigenvalue weighted by Crippen LogP contribution is 2.24. The summed E-state index contributed by atoms with van der Waals surface area (Å²) < 4.78 is 0. The van der Waals surface area contributed by atoms with Gasteiger partial charge in [-0.2, -0.15) is 0 Å². The summed E-state index contributed by atoms with van der Waals surface area (Å²) in [6.45, 7) is 10.2. The van der Waals surface area contributed by atoms with Crippen LogP contribution in [0.3, 0.4) is 0 Å². The SMILES string of the molecule is C=C(Nc1ccccc1C)C(=C)/C(=C\NC)CC(=O)c1ccccc1. The van der Waals surface area contributed by atoms with Gasteiger partial charge in [0.2, 0.25) is 0 Å². The molecule has 3 heteroatoms. The number of benzene rings is 2. The van der Waals surface area contributed by atoms with E-state index in [1.165, 1.54) is 0 Å². The van der Waals surface area contributed by atoms with Crippen LogP contribution in [0.25, 0.3) is 0 Å². The van der Waals surface area contributed by atoms with E-state index >= 15 is 0 Å². The molecule has 0 aliphatic heterocycles. The molecule has 25 heavy (non-hydrogen) atoms. The quantitative estimate of drug-likeness (QED) is 0.536. The number of hydrogen-bond acceptors (Lipinski definition) is 3. The fourth-order valence-electron chi connectivity index (χ4n) is 2.46. The van der Waals surface area contributed by atoms with E-state index in [4.69, 9.17) is 0 Å². The Bertz CT molecular complexity index is 804. The normalized spacial score (nSPS) is 10.9. The highest BCUT2D eigenvalue weighted by atomic mass is 16.1. The number of allylic oxidation sites excluding steroid dienone is 1. The first-order valence-corrected chi connectivity index (χ1v) is 8.18. The number of para-hydroxylation sites is 1. The van der Waals surface area contributed by atoms with Crippen LogP contribution in [0.5, 0.6) is 0 Å². The van der Waals surface area contributed by atoms with Crippen molar-refractivity contribution < 1.29 is 4.79 Å². The second-order valence-electron chi connectivity index (χ2n) is 5.82. The van der Waals surface area contributed by atoms with Gasteiger partial charge in [-0.1, -0.05) is 61.7 Å². The van der Waals surface area contributed by atoms with Crippen LogP contribution >= 0.6 is 0 Å². The lowest BCUT2D eigenvalue weighted by Crippen LogP contribution is -2.10. The summed E-state index contributed by atoms with van der Waals surface area (Å²) in [6, 6.07) is 17.2. The molecule has 2 N–H and O–H groups in total. The largest absolute Gasteiger partial charge is 0.394 e. The molecule has 0 aliphatic carbocycles. The zero-order valence-corrected chi connectivity index (χ0v) is 14.8. The Balaban J connectivity index is 2.12. The average molecular weight is 332 g/mol. The standard InChI is InChI=1S/C22H24N2O/c1-16-10-8-9-13-21(16)24-18(3)17(2)20(15-23-4)14-22(25)19-11-6-5-7-12-19/h5-13,15,23-24H,2-3,14H2,1,4H3/b20-15-. The number of carbonyl (C=O) groups is 1. The molecule has 0 fully saturated rings. The molecule has 128 valence electrons. The van der Waals surface area contributed by atoms with Gasteiger partial charge in [-0.3, -0.25) is 4.79 Å². The molecule has 2 aromatic rings. The van der Waals surface area contributed by atoms with E-state index in [2.05, 4.69) is 23.8 Å². The first kappa shape index (κ1) is 18.3. The minimum atomic E-state index is 0.0481. The van der Waals surface area contributed by atoms with Gasteiger partial charge in [-0.15, -0.1) is 0 Å². The van der Waals surface area contributed by atoms with E-state index in [-0.39, 0.29) is 12.2 Å². The Hall–Kier alpha value is -3.07. The van der Waals surface area contributed by atoms with Gasteiger partial charge in [0.05, 0.1) is 0 Å². The smallest absolute Gasteiger partial charge is 0.167 e. The van der Waals surface area contributed by atoms with E-state index < -0.39 is 0 Å². The summed E-state index contributed by atoms with van der Waals surface area (Å²) in [7, 11) is 1.80. The Morgan fingerprint density at radius 2 is 1.68 bits per heavy atom. The van der Waals surface area contributed by atoms with Crippen molar-refractivity contribution in [2.24, 2.45) is 0 Å². The van der Waals surface area contributed by atoms with E-state index in [1.54, 1.807) is 13.2 Å². The summed E-state index contributed by atoms with van der Waals surface area (Å²) >= 11 is 0. The molecular weight excluding hydrogens is 308 g/mol. The molecule has 0 saturated carbocycles. The van der Waals surface area contributed by atoms with Gasteiger partial charge in [-0.05, 0) is 29.7 Å². The zero-order chi connectivity index (χ0) is 18.2. The molecule has 0 unspecified atom stereocenters. The zero-order valence-electron chi connectivity index (χ0n) is 14.8. The first-order valence-electron chi connectivity index (χ1n) is 8.18. The molecule has 0 aliphatic rings. The second-order valence-corrected chi connectivity index (χ2v) is 5.82. The van der Waals surface area contributed by atoms with E-state index in [9.17, 15) is 4.79 Å². The summed E-state index contributed by atoms with van der Waals surface area (Å²) in [5.41, 5.74) is 4.98. The van der Waals surface area contributed by atoms with E-state index in [1.807, 2.05) is 61.5 Å². The van der Waals surface area contributed by atoms with Crippen LogP contribution < -0.4 is 10.6 Å². The summed E-state index contributed by atoms with van der Waals surface area (Å²) in [5, 5.41) is 6.28. The molecule has 0 spiro atoms. The lowest BCUT2D eigenvalue weighted by Gasteiger charge is -2.16. The van der Waals surface area contributed by atoms with Crippen LogP contribution in [0.4, 0.5) is 5.69 Å². The van der Waals surface area contributed by atoms with Crippen molar-refractivity contribution in [2.75, 3.05) is 12.4 Å². The molecular formula is C22H24N2O. The van der Waals surface area contributed by atoms with E-state index in [0.717, 1.165) is 16.8 Å². The van der Waals surface area contributed by atoms with Gasteiger partial charge < -0.3 is 10.6 Å². The van der Waals surface area contributed by atoms with Gasteiger partial charge in [-0.25, -0.2) is 0 Å². The van der Waals surface area contributed by atoms with Gasteiger partial charge in [0.25, 0.3) is 0 Å². The Morgan fingerprint density at radius 3 is 2.32 bits per heavy atom. The Morgan fingerprint density at radius 1 is 1.04 bits per heavy atom. The van der Waals surface area contributed by atoms with Gasteiger partial charge in [0, 0.05) is 36.6 Å². The number of nitrogens with one attached hydrogen (secondary N) is 2. The van der Waals surface area contributed by atoms with Crippen molar-refractivity contribution in [1.29, 1.82) is 0 Å². The number of hydrogen-bond donors (Lipinski definition) is 2. The van der Waals surface area contributed by atoms with Crippen LogP contribution in [0, 0.1) is 6.92 Å². The molecule has 3 nitrogen and oxygen atoms in total. The van der Waals surface area contributed by atoms with Gasteiger partial charge >= 0.3 is 0 Å². The van der Waals surface area contributed by atoms with Gasteiger partial charge in [0.15, 0.2) is 5.78 Å². The fourth-order valence-corrected chi connectivity index (χ4v) is 2.46. The maximum absolute atomic E-state index is 12.5. The number of rotatable bonds is 8. The topological polar surface area (TPSA) is 41.1 Å². The number of anilines is 1. The number of ketones is 1. The number of Topliss-reactive ketones (excluding diaryl/α,β-unsaturated/α-hetero) is 1. The molecule has 2 aromatic carbocycles. The summed E-state index contributed by atoms with van der Waals surface area (Å²) in [6.07, 6.45) is 2.06. The van der Waals surface area contributed by atoms with Crippen molar-refractivity contribution in [1.82, 2.24) is 5.32 Å². The van der Waals surface area contributed by atoms with Crippen molar-refractivity contribution in [3.05, 3.63) is 102 Å². The molecule has 0 radical (unpaired) electrons. The van der Waals surface area contributed by atoms with Crippen LogP contribution in [-0.2, 0) is 0 Å². The Kier molecular flexibility index (Phi) is 6.35. The highest BCUT2D eigenvalue weighted by molar-refractivity contribution is 5.98. The second kappa shape index (κ2) is 8.69. The minimum absolute atomic E-state index is 0.0481. The molecule has 0 atom stereocenters. The maximum Gasteiger partial charge on any atom is 0.167 e. The van der Waals surface area contributed by atoms with Crippen LogP contribution in [0.2, 0.25) is 0 Å². The number of aryl methyl sites for hydroxylation is 1. The summed E-state index contributed by atoms with van der Waals surface area (Å²) in [4.78, 5) is 12.5. The third kappa shape index (κ3) is 4.95. The molecule has 0 amide bonds. The lowest BCUT2D eigenvalue weighted by molar-refractivity contribution is 0.0993. The number of carbonyl (C=O) groups excluding carboxylic acids is 1. The fraction of sp³-hybridized carbons (Fsp3) is 0.136. The predicted octanol–water partition coefficient (Wildman–Crippen LogP) is 4.85. The van der Waals surface area contributed by atoms with Crippen LogP contribution in [0.1, 0.15) is 22.3 Å².